The lowest BCUT2D eigenvalue weighted by Crippen LogP contribution is -2.45. The topological polar surface area (TPSA) is 66.5 Å². The minimum Gasteiger partial charge on any atom is -0.349 e. The Kier molecular flexibility index (Phi) is 6.34. The predicted molar refractivity (Wildman–Crippen MR) is 109 cm³/mol. The second-order valence-corrected chi connectivity index (χ2v) is 9.65. The lowest BCUT2D eigenvalue weighted by molar-refractivity contribution is -0.126. The van der Waals surface area contributed by atoms with E-state index in [4.69, 9.17) is 0 Å². The number of amides is 1. The minimum absolute atomic E-state index is 0.0953. The molecular formula is C20H23BrN2O3S. The fraction of sp³-hybridized carbons (Fsp3) is 0.350. The summed E-state index contributed by atoms with van der Waals surface area (Å²) in [7, 11) is -3.59. The van der Waals surface area contributed by atoms with Crippen LogP contribution in [0.25, 0.3) is 0 Å². The molecule has 1 heterocycles. The second kappa shape index (κ2) is 8.54. The van der Waals surface area contributed by atoms with Gasteiger partial charge in [0.15, 0.2) is 0 Å². The van der Waals surface area contributed by atoms with E-state index in [1.165, 1.54) is 4.31 Å². The van der Waals surface area contributed by atoms with E-state index in [1.807, 2.05) is 37.3 Å². The highest BCUT2D eigenvalue weighted by molar-refractivity contribution is 9.10. The van der Waals surface area contributed by atoms with Gasteiger partial charge >= 0.3 is 0 Å². The first-order valence-electron chi connectivity index (χ1n) is 8.99. The van der Waals surface area contributed by atoms with Crippen LogP contribution in [0.2, 0.25) is 0 Å². The molecule has 1 N–H and O–H groups in total. The fourth-order valence-corrected chi connectivity index (χ4v) is 5.07. The van der Waals surface area contributed by atoms with Crippen molar-refractivity contribution in [1.82, 2.24) is 9.62 Å². The Bertz CT molecular complexity index is 885. The number of rotatable bonds is 5. The molecule has 0 spiro atoms. The molecule has 0 aromatic heterocycles. The Morgan fingerprint density at radius 1 is 1.15 bits per heavy atom. The molecule has 2 aromatic carbocycles. The van der Waals surface area contributed by atoms with Crippen molar-refractivity contribution in [2.75, 3.05) is 13.1 Å². The van der Waals surface area contributed by atoms with Crippen LogP contribution in [-0.2, 0) is 14.8 Å². The zero-order chi connectivity index (χ0) is 19.4. The normalized spacial score (nSPS) is 19.4. The van der Waals surface area contributed by atoms with E-state index in [9.17, 15) is 13.2 Å². The molecule has 1 aliphatic heterocycles. The van der Waals surface area contributed by atoms with Crippen LogP contribution >= 0.6 is 15.9 Å². The van der Waals surface area contributed by atoms with Crippen molar-refractivity contribution in [3.8, 4) is 0 Å². The summed E-state index contributed by atoms with van der Waals surface area (Å²) >= 11 is 3.32. The highest BCUT2D eigenvalue weighted by atomic mass is 79.9. The molecule has 0 aliphatic carbocycles. The second-order valence-electron chi connectivity index (χ2n) is 6.80. The van der Waals surface area contributed by atoms with E-state index in [-0.39, 0.29) is 29.3 Å². The Morgan fingerprint density at radius 2 is 1.81 bits per heavy atom. The van der Waals surface area contributed by atoms with Gasteiger partial charge in [-0.2, -0.15) is 4.31 Å². The van der Waals surface area contributed by atoms with E-state index in [0.29, 0.717) is 19.4 Å². The third kappa shape index (κ3) is 4.78. The molecule has 3 rings (SSSR count). The summed E-state index contributed by atoms with van der Waals surface area (Å²) in [6, 6.07) is 16.2. The van der Waals surface area contributed by atoms with E-state index in [1.54, 1.807) is 24.3 Å². The molecule has 1 aliphatic rings. The van der Waals surface area contributed by atoms with Gasteiger partial charge in [0.25, 0.3) is 0 Å². The number of piperidine rings is 1. The molecule has 0 bridgehead atoms. The van der Waals surface area contributed by atoms with Crippen LogP contribution in [0.5, 0.6) is 0 Å². The highest BCUT2D eigenvalue weighted by Gasteiger charge is 2.33. The monoisotopic (exact) mass is 450 g/mol. The molecular weight excluding hydrogens is 428 g/mol. The van der Waals surface area contributed by atoms with Crippen LogP contribution < -0.4 is 5.32 Å². The number of halogens is 1. The number of sulfonamides is 1. The largest absolute Gasteiger partial charge is 0.349 e. The molecule has 7 heteroatoms. The summed E-state index contributed by atoms with van der Waals surface area (Å²) in [5.74, 6) is -0.433. The Morgan fingerprint density at radius 3 is 2.48 bits per heavy atom. The smallest absolute Gasteiger partial charge is 0.243 e. The van der Waals surface area contributed by atoms with Crippen LogP contribution in [0.3, 0.4) is 0 Å². The van der Waals surface area contributed by atoms with E-state index in [2.05, 4.69) is 21.2 Å². The number of carbonyl (C=O) groups is 1. The number of nitrogens with one attached hydrogen (secondary N) is 1. The summed E-state index contributed by atoms with van der Waals surface area (Å²) in [5, 5.41) is 3.02. The van der Waals surface area contributed by atoms with Crippen molar-refractivity contribution in [1.29, 1.82) is 0 Å². The predicted octanol–water partition coefficient (Wildman–Crippen LogP) is 3.73. The zero-order valence-corrected chi connectivity index (χ0v) is 17.5. The number of carbonyl (C=O) groups excluding carboxylic acids is 1. The Labute approximate surface area is 169 Å². The molecule has 1 saturated heterocycles. The molecule has 2 aromatic rings. The van der Waals surface area contributed by atoms with Gasteiger partial charge < -0.3 is 5.32 Å². The first kappa shape index (κ1) is 20.0. The first-order chi connectivity index (χ1) is 12.9. The maximum atomic E-state index is 12.9. The molecule has 1 amide bonds. The van der Waals surface area contributed by atoms with Crippen LogP contribution in [-0.4, -0.2) is 31.7 Å². The molecule has 27 heavy (non-hydrogen) atoms. The van der Waals surface area contributed by atoms with Crippen LogP contribution in [0.1, 0.15) is 31.4 Å². The van der Waals surface area contributed by atoms with Gasteiger partial charge in [0.1, 0.15) is 0 Å². The molecule has 1 fully saturated rings. The van der Waals surface area contributed by atoms with Gasteiger partial charge in [0.05, 0.1) is 16.9 Å². The average molecular weight is 451 g/mol. The van der Waals surface area contributed by atoms with Crippen molar-refractivity contribution < 1.29 is 13.2 Å². The van der Waals surface area contributed by atoms with Gasteiger partial charge in [0.2, 0.25) is 15.9 Å². The quantitative estimate of drug-likeness (QED) is 0.754. The van der Waals surface area contributed by atoms with Crippen LogP contribution in [0, 0.1) is 5.92 Å². The standard InChI is InChI=1S/C20H23BrN2O3S/c1-15(16-6-3-2-4-7-16)22-20(24)17-8-5-13-23(14-17)27(25,26)19-11-9-18(21)10-12-19/h2-4,6-7,9-12,15,17H,5,8,13-14H2,1H3,(H,22,24)/t15-,17-/m0/s1. The molecule has 2 atom stereocenters. The SMILES string of the molecule is C[C@H](NC(=O)[C@H]1CCCN(S(=O)(=O)c2ccc(Br)cc2)C1)c1ccccc1. The summed E-state index contributed by atoms with van der Waals surface area (Å²) in [6.45, 7) is 2.59. The fourth-order valence-electron chi connectivity index (χ4n) is 3.29. The van der Waals surface area contributed by atoms with Gasteiger partial charge in [-0.3, -0.25) is 4.79 Å². The van der Waals surface area contributed by atoms with E-state index < -0.39 is 10.0 Å². The molecule has 0 unspecified atom stereocenters. The maximum Gasteiger partial charge on any atom is 0.243 e. The summed E-state index contributed by atoms with van der Waals surface area (Å²) in [6.07, 6.45) is 1.37. The first-order valence-corrected chi connectivity index (χ1v) is 11.2. The van der Waals surface area contributed by atoms with E-state index in [0.717, 1.165) is 10.0 Å². The highest BCUT2D eigenvalue weighted by Crippen LogP contribution is 2.25. The third-order valence-corrected chi connectivity index (χ3v) is 7.27. The zero-order valence-electron chi connectivity index (χ0n) is 15.1. The van der Waals surface area contributed by atoms with Crippen molar-refractivity contribution in [2.45, 2.75) is 30.7 Å². The van der Waals surface area contributed by atoms with Gasteiger partial charge in [0, 0.05) is 17.6 Å². The Hall–Kier alpha value is -1.70. The summed E-state index contributed by atoms with van der Waals surface area (Å²) < 4.78 is 28.0. The molecule has 0 radical (unpaired) electrons. The van der Waals surface area contributed by atoms with Crippen LogP contribution in [0.15, 0.2) is 64.0 Å². The third-order valence-electron chi connectivity index (χ3n) is 4.86. The summed E-state index contributed by atoms with van der Waals surface area (Å²) in [5.41, 5.74) is 1.03. The summed E-state index contributed by atoms with van der Waals surface area (Å²) in [4.78, 5) is 13.0. The van der Waals surface area contributed by atoms with Gasteiger partial charge in [-0.15, -0.1) is 0 Å². The number of hydrogen-bond acceptors (Lipinski definition) is 3. The molecule has 0 saturated carbocycles. The lowest BCUT2D eigenvalue weighted by atomic mass is 9.98. The van der Waals surface area contributed by atoms with Crippen molar-refractivity contribution in [3.05, 3.63) is 64.6 Å². The van der Waals surface area contributed by atoms with Gasteiger partial charge in [-0.1, -0.05) is 46.3 Å². The number of nitrogens with zero attached hydrogens (tertiary/aromatic N) is 1. The number of benzene rings is 2. The lowest BCUT2D eigenvalue weighted by Gasteiger charge is -2.32. The Balaban J connectivity index is 1.68. The van der Waals surface area contributed by atoms with Crippen LogP contribution in [0.4, 0.5) is 0 Å². The number of hydrogen-bond donors (Lipinski definition) is 1. The average Bonchev–Trinajstić information content (AvgIpc) is 2.69. The van der Waals surface area contributed by atoms with E-state index >= 15 is 0 Å². The molecule has 5 nitrogen and oxygen atoms in total. The van der Waals surface area contributed by atoms with Crippen molar-refractivity contribution in [2.24, 2.45) is 5.92 Å². The minimum atomic E-state index is -3.59. The van der Waals surface area contributed by atoms with Gasteiger partial charge in [-0.25, -0.2) is 8.42 Å². The van der Waals surface area contributed by atoms with Gasteiger partial charge in [-0.05, 0) is 49.6 Å². The molecule has 144 valence electrons. The van der Waals surface area contributed by atoms with Crippen molar-refractivity contribution in [3.63, 3.8) is 0 Å². The maximum absolute atomic E-state index is 12.9. The van der Waals surface area contributed by atoms with Crippen molar-refractivity contribution >= 4 is 31.9 Å².